The fraction of sp³-hybridized carbons (Fsp3) is 0.571. The van der Waals surface area contributed by atoms with Crippen molar-refractivity contribution in [2.75, 3.05) is 19.6 Å². The summed E-state index contributed by atoms with van der Waals surface area (Å²) in [6.45, 7) is 4.73. The van der Waals surface area contributed by atoms with Gasteiger partial charge in [0.15, 0.2) is 0 Å². The number of nitrogens with one attached hydrogen (secondary N) is 1. The van der Waals surface area contributed by atoms with E-state index in [1.54, 1.807) is 13.8 Å². The molecule has 1 saturated carbocycles. The van der Waals surface area contributed by atoms with Gasteiger partial charge in [0.05, 0.1) is 9.79 Å². The molecule has 0 heterocycles. The molecule has 1 aromatic rings. The topological polar surface area (TPSA) is 83.6 Å². The molecular formula is C14H22N2O4S2. The number of sulfonamides is 2. The van der Waals surface area contributed by atoms with E-state index in [4.69, 9.17) is 0 Å². The lowest BCUT2D eigenvalue weighted by Crippen LogP contribution is -2.30. The first kappa shape index (κ1) is 17.4. The van der Waals surface area contributed by atoms with Gasteiger partial charge in [-0.25, -0.2) is 21.6 Å². The highest BCUT2D eigenvalue weighted by molar-refractivity contribution is 7.89. The van der Waals surface area contributed by atoms with Gasteiger partial charge in [-0.1, -0.05) is 13.8 Å². The van der Waals surface area contributed by atoms with Gasteiger partial charge in [-0.3, -0.25) is 0 Å². The molecule has 0 aliphatic heterocycles. The van der Waals surface area contributed by atoms with Gasteiger partial charge in [-0.15, -0.1) is 0 Å². The van der Waals surface area contributed by atoms with Crippen LogP contribution in [0.3, 0.4) is 0 Å². The summed E-state index contributed by atoms with van der Waals surface area (Å²) in [4.78, 5) is 0.198. The highest BCUT2D eigenvalue weighted by Gasteiger charge is 2.25. The third kappa shape index (κ3) is 3.87. The summed E-state index contributed by atoms with van der Waals surface area (Å²) in [7, 11) is -7.13. The van der Waals surface area contributed by atoms with E-state index in [0.717, 1.165) is 12.8 Å². The average molecular weight is 346 g/mol. The molecule has 0 atom stereocenters. The normalized spacial score (nSPS) is 16.1. The van der Waals surface area contributed by atoms with E-state index in [1.165, 1.54) is 28.6 Å². The lowest BCUT2D eigenvalue weighted by atomic mass is 10.4. The van der Waals surface area contributed by atoms with Crippen molar-refractivity contribution in [3.8, 4) is 0 Å². The van der Waals surface area contributed by atoms with E-state index >= 15 is 0 Å². The van der Waals surface area contributed by atoms with Crippen LogP contribution in [-0.4, -0.2) is 40.8 Å². The van der Waals surface area contributed by atoms with E-state index in [2.05, 4.69) is 4.72 Å². The Hall–Kier alpha value is -0.960. The molecule has 1 fully saturated rings. The third-order valence-corrected chi connectivity index (χ3v) is 7.24. The maximum absolute atomic E-state index is 12.3. The number of benzene rings is 1. The standard InChI is InChI=1S/C14H22N2O4S2/c1-3-16(4-2)22(19,20)14-9-7-13(8-10-14)21(17,18)15-11-12-5-6-12/h7-10,12,15H,3-6,11H2,1-2H3. The number of hydrogen-bond donors (Lipinski definition) is 1. The van der Waals surface area contributed by atoms with Gasteiger partial charge in [0, 0.05) is 19.6 Å². The first-order valence-electron chi connectivity index (χ1n) is 7.41. The summed E-state index contributed by atoms with van der Waals surface area (Å²) >= 11 is 0. The largest absolute Gasteiger partial charge is 0.243 e. The van der Waals surface area contributed by atoms with Crippen molar-refractivity contribution in [1.29, 1.82) is 0 Å². The van der Waals surface area contributed by atoms with Crippen LogP contribution in [0.25, 0.3) is 0 Å². The zero-order chi connectivity index (χ0) is 16.4. The maximum Gasteiger partial charge on any atom is 0.243 e. The molecule has 1 aliphatic rings. The maximum atomic E-state index is 12.3. The van der Waals surface area contributed by atoms with Crippen molar-refractivity contribution < 1.29 is 16.8 Å². The molecule has 0 spiro atoms. The lowest BCUT2D eigenvalue weighted by molar-refractivity contribution is 0.445. The van der Waals surface area contributed by atoms with Crippen LogP contribution in [0, 0.1) is 5.92 Å². The Labute approximate surface area is 132 Å². The molecule has 22 heavy (non-hydrogen) atoms. The molecule has 8 heteroatoms. The summed E-state index contributed by atoms with van der Waals surface area (Å²) in [6, 6.07) is 5.37. The first-order valence-corrected chi connectivity index (χ1v) is 10.3. The Morgan fingerprint density at radius 1 is 1.00 bits per heavy atom. The molecule has 1 aromatic carbocycles. The molecule has 0 bridgehead atoms. The van der Waals surface area contributed by atoms with Gasteiger partial charge < -0.3 is 0 Å². The van der Waals surface area contributed by atoms with Crippen LogP contribution >= 0.6 is 0 Å². The summed E-state index contributed by atoms with van der Waals surface area (Å²) in [5, 5.41) is 0. The van der Waals surface area contributed by atoms with Crippen LogP contribution in [0.1, 0.15) is 26.7 Å². The predicted octanol–water partition coefficient (Wildman–Crippen LogP) is 1.41. The zero-order valence-corrected chi connectivity index (χ0v) is 14.5. The Morgan fingerprint density at radius 2 is 1.50 bits per heavy atom. The van der Waals surface area contributed by atoms with Gasteiger partial charge in [-0.05, 0) is 43.0 Å². The molecule has 0 radical (unpaired) electrons. The summed E-state index contributed by atoms with van der Waals surface area (Å²) < 4.78 is 52.8. The molecule has 0 aromatic heterocycles. The Morgan fingerprint density at radius 3 is 1.95 bits per heavy atom. The van der Waals surface area contributed by atoms with Crippen molar-refractivity contribution in [1.82, 2.24) is 9.03 Å². The van der Waals surface area contributed by atoms with Crippen molar-refractivity contribution in [3.63, 3.8) is 0 Å². The minimum Gasteiger partial charge on any atom is -0.211 e. The van der Waals surface area contributed by atoms with Crippen molar-refractivity contribution in [2.45, 2.75) is 36.5 Å². The van der Waals surface area contributed by atoms with E-state index in [0.29, 0.717) is 25.6 Å². The number of rotatable bonds is 8. The van der Waals surface area contributed by atoms with Crippen molar-refractivity contribution >= 4 is 20.0 Å². The molecular weight excluding hydrogens is 324 g/mol. The molecule has 0 amide bonds. The molecule has 1 N–H and O–H groups in total. The van der Waals surface area contributed by atoms with Crippen LogP contribution in [0.15, 0.2) is 34.1 Å². The number of hydrogen-bond acceptors (Lipinski definition) is 4. The van der Waals surface area contributed by atoms with Gasteiger partial charge >= 0.3 is 0 Å². The molecule has 1 aliphatic carbocycles. The minimum atomic E-state index is -3.57. The predicted molar refractivity (Wildman–Crippen MR) is 84.5 cm³/mol. The molecule has 124 valence electrons. The highest BCUT2D eigenvalue weighted by Crippen LogP contribution is 2.28. The van der Waals surface area contributed by atoms with Gasteiger partial charge in [0.1, 0.15) is 0 Å². The molecule has 0 unspecified atom stereocenters. The summed E-state index contributed by atoms with van der Waals surface area (Å²) in [5.41, 5.74) is 0. The van der Waals surface area contributed by atoms with Crippen LogP contribution < -0.4 is 4.72 Å². The first-order chi connectivity index (χ1) is 10.3. The second kappa shape index (κ2) is 6.66. The smallest absolute Gasteiger partial charge is 0.211 e. The zero-order valence-electron chi connectivity index (χ0n) is 12.8. The van der Waals surface area contributed by atoms with Crippen LogP contribution in [0.4, 0.5) is 0 Å². The van der Waals surface area contributed by atoms with Crippen LogP contribution in [-0.2, 0) is 20.0 Å². The quantitative estimate of drug-likeness (QED) is 0.771. The molecule has 6 nitrogen and oxygen atoms in total. The summed E-state index contributed by atoms with van der Waals surface area (Å²) in [5.74, 6) is 0.442. The SMILES string of the molecule is CCN(CC)S(=O)(=O)c1ccc(S(=O)(=O)NCC2CC2)cc1. The average Bonchev–Trinajstić information content (AvgIpc) is 3.31. The van der Waals surface area contributed by atoms with Gasteiger partial charge in [-0.2, -0.15) is 4.31 Å². The van der Waals surface area contributed by atoms with Crippen LogP contribution in [0.2, 0.25) is 0 Å². The van der Waals surface area contributed by atoms with Gasteiger partial charge in [0.2, 0.25) is 20.0 Å². The fourth-order valence-corrected chi connectivity index (χ4v) is 4.71. The highest BCUT2D eigenvalue weighted by atomic mass is 32.2. The second-order valence-corrected chi connectivity index (χ2v) is 9.06. The van der Waals surface area contributed by atoms with Crippen LogP contribution in [0.5, 0.6) is 0 Å². The second-order valence-electron chi connectivity index (χ2n) is 5.36. The van der Waals surface area contributed by atoms with Crippen molar-refractivity contribution in [3.05, 3.63) is 24.3 Å². The Bertz CT molecular complexity index is 704. The monoisotopic (exact) mass is 346 g/mol. The summed E-state index contributed by atoms with van der Waals surface area (Å²) in [6.07, 6.45) is 2.12. The number of nitrogens with zero attached hydrogens (tertiary/aromatic N) is 1. The minimum absolute atomic E-state index is 0.0895. The van der Waals surface area contributed by atoms with E-state index < -0.39 is 20.0 Å². The van der Waals surface area contributed by atoms with Gasteiger partial charge in [0.25, 0.3) is 0 Å². The van der Waals surface area contributed by atoms with Crippen molar-refractivity contribution in [2.24, 2.45) is 5.92 Å². The van der Waals surface area contributed by atoms with E-state index in [-0.39, 0.29) is 9.79 Å². The van der Waals surface area contributed by atoms with E-state index in [1.807, 2.05) is 0 Å². The molecule has 0 saturated heterocycles. The fourth-order valence-electron chi connectivity index (χ4n) is 2.14. The third-order valence-electron chi connectivity index (χ3n) is 3.74. The lowest BCUT2D eigenvalue weighted by Gasteiger charge is -2.18. The molecule has 2 rings (SSSR count). The Balaban J connectivity index is 2.19. The Kier molecular flexibility index (Phi) is 5.26. The van der Waals surface area contributed by atoms with E-state index in [9.17, 15) is 16.8 Å².